The van der Waals surface area contributed by atoms with E-state index in [-0.39, 0.29) is 11.5 Å². The van der Waals surface area contributed by atoms with Crippen molar-refractivity contribution in [2.75, 3.05) is 11.9 Å². The van der Waals surface area contributed by atoms with Gasteiger partial charge in [-0.15, -0.1) is 0 Å². The Morgan fingerprint density at radius 3 is 2.52 bits per heavy atom. The number of carbonyl (C=O) groups excluding carboxylic acids is 1. The summed E-state index contributed by atoms with van der Waals surface area (Å²) >= 11 is 0. The average Bonchev–Trinajstić information content (AvgIpc) is 3.06. The van der Waals surface area contributed by atoms with Crippen molar-refractivity contribution in [2.45, 2.75) is 90.2 Å². The molecule has 31 heavy (non-hydrogen) atoms. The van der Waals surface area contributed by atoms with Crippen LogP contribution in [-0.2, 0) is 4.79 Å². The highest BCUT2D eigenvalue weighted by Gasteiger charge is 2.58. The number of aliphatic hydroxyl groups is 1. The van der Waals surface area contributed by atoms with Crippen LogP contribution < -0.4 is 4.90 Å². The Morgan fingerprint density at radius 2 is 1.81 bits per heavy atom. The highest BCUT2D eigenvalue weighted by Crippen LogP contribution is 2.64. The molecule has 3 nitrogen and oxygen atoms in total. The zero-order chi connectivity index (χ0) is 21.9. The molecule has 1 aromatic rings. The number of anilines is 1. The van der Waals surface area contributed by atoms with Crippen LogP contribution in [0.4, 0.5) is 5.69 Å². The van der Waals surface area contributed by atoms with Gasteiger partial charge in [0.2, 0.25) is 0 Å². The minimum Gasteiger partial charge on any atom is -0.393 e. The monoisotopic (exact) mass is 421 g/mol. The zero-order valence-corrected chi connectivity index (χ0v) is 19.7. The van der Waals surface area contributed by atoms with Gasteiger partial charge in [0.15, 0.2) is 0 Å². The van der Waals surface area contributed by atoms with Crippen LogP contribution in [0.3, 0.4) is 0 Å². The number of nitrogens with zero attached hydrogens (tertiary/aromatic N) is 1. The molecule has 1 aromatic carbocycles. The van der Waals surface area contributed by atoms with Gasteiger partial charge in [0.05, 0.1) is 6.10 Å². The summed E-state index contributed by atoms with van der Waals surface area (Å²) in [5.74, 6) is 2.74. The summed E-state index contributed by atoms with van der Waals surface area (Å²) in [7, 11) is 2.16. The predicted molar refractivity (Wildman–Crippen MR) is 126 cm³/mol. The quantitative estimate of drug-likeness (QED) is 0.620. The van der Waals surface area contributed by atoms with Gasteiger partial charge < -0.3 is 10.0 Å². The molecule has 0 aliphatic heterocycles. The number of aliphatic hydroxyl groups excluding tert-OH is 1. The number of Topliss-reactive ketones (excluding diaryl/α,β-unsaturated/α-hetero) is 1. The van der Waals surface area contributed by atoms with E-state index < -0.39 is 0 Å². The number of hydrogen-bond donors (Lipinski definition) is 1. The molecule has 4 aliphatic carbocycles. The number of benzene rings is 1. The Labute approximate surface area is 187 Å². The molecule has 5 rings (SSSR count). The minimum absolute atomic E-state index is 0.0295. The van der Waals surface area contributed by atoms with Crippen LogP contribution in [0.2, 0.25) is 0 Å². The fourth-order valence-electron chi connectivity index (χ4n) is 7.73. The van der Waals surface area contributed by atoms with E-state index in [1.807, 2.05) is 0 Å². The SMILES string of the molecule is CC(C)N(C)c1ccc([C@H]2C[C@]3(C)[C@@H](O)CC[C@H]3[C@@H]3CCC4=C(CCC(=O)C4)[C@H]32)cc1. The molecule has 0 aromatic heterocycles. The second kappa shape index (κ2) is 7.76. The molecule has 0 heterocycles. The van der Waals surface area contributed by atoms with Crippen molar-refractivity contribution >= 4 is 11.5 Å². The number of allylic oxidation sites excluding steroid dienone is 2. The van der Waals surface area contributed by atoms with Crippen LogP contribution in [0.15, 0.2) is 35.4 Å². The smallest absolute Gasteiger partial charge is 0.137 e. The number of hydrogen-bond acceptors (Lipinski definition) is 3. The predicted octanol–water partition coefficient (Wildman–Crippen LogP) is 5.87. The number of carbonyl (C=O) groups is 1. The first-order valence-electron chi connectivity index (χ1n) is 12.5. The van der Waals surface area contributed by atoms with Gasteiger partial charge in [-0.05, 0) is 99.2 Å². The van der Waals surface area contributed by atoms with Gasteiger partial charge in [-0.25, -0.2) is 0 Å². The van der Waals surface area contributed by atoms with Crippen molar-refractivity contribution in [1.82, 2.24) is 0 Å². The topological polar surface area (TPSA) is 40.5 Å². The van der Waals surface area contributed by atoms with E-state index in [0.29, 0.717) is 41.9 Å². The maximum Gasteiger partial charge on any atom is 0.137 e. The molecule has 6 atom stereocenters. The van der Waals surface area contributed by atoms with Gasteiger partial charge in [-0.3, -0.25) is 4.79 Å². The molecule has 1 N–H and O–H groups in total. The number of ketones is 1. The van der Waals surface area contributed by atoms with Crippen molar-refractivity contribution in [3.8, 4) is 0 Å². The fourth-order valence-corrected chi connectivity index (χ4v) is 7.73. The van der Waals surface area contributed by atoms with Crippen molar-refractivity contribution < 1.29 is 9.90 Å². The third-order valence-corrected chi connectivity index (χ3v) is 9.65. The van der Waals surface area contributed by atoms with E-state index >= 15 is 0 Å². The van der Waals surface area contributed by atoms with E-state index in [4.69, 9.17) is 0 Å². The zero-order valence-electron chi connectivity index (χ0n) is 19.7. The molecule has 168 valence electrons. The summed E-state index contributed by atoms with van der Waals surface area (Å²) in [6, 6.07) is 9.75. The van der Waals surface area contributed by atoms with Crippen LogP contribution in [-0.4, -0.2) is 30.1 Å². The van der Waals surface area contributed by atoms with Crippen LogP contribution in [0.5, 0.6) is 0 Å². The van der Waals surface area contributed by atoms with E-state index in [1.165, 1.54) is 29.7 Å². The van der Waals surface area contributed by atoms with Crippen molar-refractivity contribution in [2.24, 2.45) is 23.2 Å². The van der Waals surface area contributed by atoms with Gasteiger partial charge in [-0.2, -0.15) is 0 Å². The molecule has 0 bridgehead atoms. The van der Waals surface area contributed by atoms with Crippen LogP contribution in [0.25, 0.3) is 0 Å². The van der Waals surface area contributed by atoms with Gasteiger partial charge in [-0.1, -0.05) is 30.2 Å². The van der Waals surface area contributed by atoms with E-state index in [1.54, 1.807) is 5.57 Å². The standard InChI is InChI=1S/C28H39NO2/c1-17(2)29(4)20-8-5-18(6-9-20)24-16-28(3)25(13-14-26(28)31)23-11-7-19-15-21(30)10-12-22(19)27(23)24/h5-6,8-9,17,23-27,31H,7,10-16H2,1-4H3/t23-,24+,25-,26-,27+,28-/m0/s1. The Kier molecular flexibility index (Phi) is 5.32. The van der Waals surface area contributed by atoms with Crippen LogP contribution in [0, 0.1) is 23.2 Å². The summed E-state index contributed by atoms with van der Waals surface area (Å²) in [4.78, 5) is 14.5. The second-order valence-electron chi connectivity index (χ2n) is 11.4. The highest BCUT2D eigenvalue weighted by molar-refractivity contribution is 5.82. The van der Waals surface area contributed by atoms with E-state index in [0.717, 1.165) is 32.1 Å². The first-order chi connectivity index (χ1) is 14.8. The second-order valence-corrected chi connectivity index (χ2v) is 11.4. The lowest BCUT2D eigenvalue weighted by molar-refractivity contribution is -0.119. The molecule has 0 amide bonds. The largest absolute Gasteiger partial charge is 0.393 e. The number of rotatable bonds is 3. The molecule has 2 fully saturated rings. The Bertz CT molecular complexity index is 885. The van der Waals surface area contributed by atoms with E-state index in [2.05, 4.69) is 57.0 Å². The van der Waals surface area contributed by atoms with Gasteiger partial charge in [0.25, 0.3) is 0 Å². The minimum atomic E-state index is -0.171. The Hall–Kier alpha value is -1.61. The highest BCUT2D eigenvalue weighted by atomic mass is 16.3. The first-order valence-corrected chi connectivity index (χ1v) is 12.5. The van der Waals surface area contributed by atoms with Gasteiger partial charge in [0.1, 0.15) is 5.78 Å². The Morgan fingerprint density at radius 1 is 1.06 bits per heavy atom. The third kappa shape index (κ3) is 3.39. The van der Waals surface area contributed by atoms with Gasteiger partial charge in [0, 0.05) is 31.6 Å². The van der Waals surface area contributed by atoms with Crippen LogP contribution in [0.1, 0.15) is 83.6 Å². The van der Waals surface area contributed by atoms with Gasteiger partial charge >= 0.3 is 0 Å². The Balaban J connectivity index is 1.55. The summed E-state index contributed by atoms with van der Waals surface area (Å²) < 4.78 is 0. The molecular weight excluding hydrogens is 382 g/mol. The van der Waals surface area contributed by atoms with Crippen molar-refractivity contribution in [1.29, 1.82) is 0 Å². The normalized spacial score (nSPS) is 37.5. The lowest BCUT2D eigenvalue weighted by Gasteiger charge is -2.55. The summed E-state index contributed by atoms with van der Waals surface area (Å²) in [5.41, 5.74) is 5.83. The average molecular weight is 422 g/mol. The molecule has 0 saturated heterocycles. The van der Waals surface area contributed by atoms with Crippen molar-refractivity contribution in [3.63, 3.8) is 0 Å². The first kappa shape index (κ1) is 21.2. The van der Waals surface area contributed by atoms with E-state index in [9.17, 15) is 9.90 Å². The molecule has 0 unspecified atom stereocenters. The summed E-state index contributed by atoms with van der Waals surface area (Å²) in [6.07, 6.45) is 7.76. The third-order valence-electron chi connectivity index (χ3n) is 9.65. The lowest BCUT2D eigenvalue weighted by atomic mass is 9.50. The molecule has 2 saturated carbocycles. The molecule has 0 radical (unpaired) electrons. The summed E-state index contributed by atoms with van der Waals surface area (Å²) in [5, 5.41) is 11.0. The fraction of sp³-hybridized carbons (Fsp3) is 0.679. The maximum atomic E-state index is 12.2. The summed E-state index contributed by atoms with van der Waals surface area (Å²) in [6.45, 7) is 6.82. The molecular formula is C28H39NO2. The molecule has 0 spiro atoms. The molecule has 4 aliphatic rings. The van der Waals surface area contributed by atoms with Crippen molar-refractivity contribution in [3.05, 3.63) is 41.0 Å². The number of fused-ring (bicyclic) bond motifs is 4. The molecule has 3 heteroatoms. The lowest BCUT2D eigenvalue weighted by Crippen LogP contribution is -2.48. The maximum absolute atomic E-state index is 12.2. The van der Waals surface area contributed by atoms with Crippen LogP contribution >= 0.6 is 0 Å².